The van der Waals surface area contributed by atoms with E-state index in [9.17, 15) is 0 Å². The largest absolute Gasteiger partial charge is 0.324 e. The zero-order valence-corrected chi connectivity index (χ0v) is 8.73. The van der Waals surface area contributed by atoms with Crippen molar-refractivity contribution in [2.24, 2.45) is 5.73 Å². The van der Waals surface area contributed by atoms with Gasteiger partial charge in [0.1, 0.15) is 0 Å². The normalized spacial score (nSPS) is 21.2. The van der Waals surface area contributed by atoms with Crippen molar-refractivity contribution in [1.82, 2.24) is 0 Å². The maximum Gasteiger partial charge on any atom is 0.0298 e. The molecule has 0 saturated heterocycles. The number of hydrogen-bond acceptors (Lipinski definition) is 2. The molecule has 70 valence electrons. The van der Waals surface area contributed by atoms with Crippen molar-refractivity contribution >= 4 is 11.8 Å². The van der Waals surface area contributed by atoms with E-state index in [1.54, 1.807) is 0 Å². The summed E-state index contributed by atoms with van der Waals surface area (Å²) in [5.41, 5.74) is 8.93. The third kappa shape index (κ3) is 1.61. The van der Waals surface area contributed by atoms with E-state index >= 15 is 0 Å². The molecular weight excluding hydrogens is 178 g/mol. The molecule has 2 rings (SSSR count). The Morgan fingerprint density at radius 3 is 3.08 bits per heavy atom. The van der Waals surface area contributed by atoms with Crippen LogP contribution in [0.3, 0.4) is 0 Å². The zero-order chi connectivity index (χ0) is 9.26. The van der Waals surface area contributed by atoms with Gasteiger partial charge in [-0.05, 0) is 42.7 Å². The molecule has 0 radical (unpaired) electrons. The van der Waals surface area contributed by atoms with Gasteiger partial charge in [0.25, 0.3) is 0 Å². The summed E-state index contributed by atoms with van der Waals surface area (Å²) in [5, 5.41) is 0. The summed E-state index contributed by atoms with van der Waals surface area (Å²) in [4.78, 5) is 1.41. The van der Waals surface area contributed by atoms with Crippen molar-refractivity contribution in [3.63, 3.8) is 0 Å². The fraction of sp³-hybridized carbons (Fsp3) is 0.455. The first-order valence-electron chi connectivity index (χ1n) is 4.74. The minimum atomic E-state index is 0.274. The highest BCUT2D eigenvalue weighted by Crippen LogP contribution is 2.33. The zero-order valence-electron chi connectivity index (χ0n) is 7.92. The minimum absolute atomic E-state index is 0.274. The van der Waals surface area contributed by atoms with Crippen molar-refractivity contribution in [3.05, 3.63) is 29.3 Å². The molecule has 1 atom stereocenters. The Bertz CT molecular complexity index is 309. The van der Waals surface area contributed by atoms with E-state index in [1.807, 2.05) is 11.8 Å². The predicted molar refractivity (Wildman–Crippen MR) is 58.1 cm³/mol. The lowest BCUT2D eigenvalue weighted by molar-refractivity contribution is 0.564. The first-order valence-corrected chi connectivity index (χ1v) is 5.96. The van der Waals surface area contributed by atoms with Crippen LogP contribution >= 0.6 is 11.8 Å². The van der Waals surface area contributed by atoms with Gasteiger partial charge in [-0.25, -0.2) is 0 Å². The minimum Gasteiger partial charge on any atom is -0.324 e. The summed E-state index contributed by atoms with van der Waals surface area (Å²) in [6, 6.07) is 6.77. The van der Waals surface area contributed by atoms with Gasteiger partial charge in [-0.2, -0.15) is 0 Å². The quantitative estimate of drug-likeness (QED) is 0.694. The summed E-state index contributed by atoms with van der Waals surface area (Å²) in [5.74, 6) is 0. The number of nitrogens with two attached hydrogens (primary N) is 1. The van der Waals surface area contributed by atoms with Crippen LogP contribution in [0, 0.1) is 0 Å². The maximum atomic E-state index is 6.06. The summed E-state index contributed by atoms with van der Waals surface area (Å²) < 4.78 is 0. The van der Waals surface area contributed by atoms with Gasteiger partial charge in [-0.1, -0.05) is 12.1 Å². The molecule has 2 heteroatoms. The molecule has 0 saturated carbocycles. The average molecular weight is 193 g/mol. The van der Waals surface area contributed by atoms with Crippen molar-refractivity contribution in [2.45, 2.75) is 30.2 Å². The average Bonchev–Trinajstić information content (AvgIpc) is 2.18. The molecule has 2 N–H and O–H groups in total. The molecular formula is C11H15NS. The van der Waals surface area contributed by atoms with Crippen molar-refractivity contribution in [3.8, 4) is 0 Å². The Kier molecular flexibility index (Phi) is 2.61. The number of hydrogen-bond donors (Lipinski definition) is 1. The molecule has 0 aromatic heterocycles. The van der Waals surface area contributed by atoms with Crippen molar-refractivity contribution < 1.29 is 0 Å². The third-order valence-electron chi connectivity index (χ3n) is 2.73. The van der Waals surface area contributed by atoms with Crippen LogP contribution < -0.4 is 5.73 Å². The third-order valence-corrected chi connectivity index (χ3v) is 3.55. The lowest BCUT2D eigenvalue weighted by Crippen LogP contribution is -2.17. The summed E-state index contributed by atoms with van der Waals surface area (Å²) >= 11 is 1.83. The molecule has 1 nitrogen and oxygen atoms in total. The van der Waals surface area contributed by atoms with Crippen LogP contribution in [-0.4, -0.2) is 6.26 Å². The Morgan fingerprint density at radius 1 is 1.46 bits per heavy atom. The molecule has 1 aromatic carbocycles. The van der Waals surface area contributed by atoms with Gasteiger partial charge >= 0.3 is 0 Å². The molecule has 1 aliphatic rings. The van der Waals surface area contributed by atoms with Crippen molar-refractivity contribution in [1.29, 1.82) is 0 Å². The molecule has 0 spiro atoms. The second-order valence-electron chi connectivity index (χ2n) is 3.53. The lowest BCUT2D eigenvalue weighted by Gasteiger charge is -2.23. The van der Waals surface area contributed by atoms with Gasteiger partial charge in [0.15, 0.2) is 0 Å². The van der Waals surface area contributed by atoms with Crippen LogP contribution in [0.4, 0.5) is 0 Å². The highest BCUT2D eigenvalue weighted by molar-refractivity contribution is 7.98. The smallest absolute Gasteiger partial charge is 0.0298 e. The number of fused-ring (bicyclic) bond motifs is 1. The monoisotopic (exact) mass is 193 g/mol. The Labute approximate surface area is 83.7 Å². The van der Waals surface area contributed by atoms with Gasteiger partial charge in [0, 0.05) is 10.9 Å². The van der Waals surface area contributed by atoms with E-state index in [2.05, 4.69) is 24.5 Å². The van der Waals surface area contributed by atoms with Crippen LogP contribution in [0.15, 0.2) is 23.1 Å². The van der Waals surface area contributed by atoms with Crippen LogP contribution in [0.2, 0.25) is 0 Å². The van der Waals surface area contributed by atoms with Gasteiger partial charge in [0.05, 0.1) is 0 Å². The highest BCUT2D eigenvalue weighted by Gasteiger charge is 2.18. The van der Waals surface area contributed by atoms with E-state index in [-0.39, 0.29) is 6.04 Å². The van der Waals surface area contributed by atoms with Gasteiger partial charge in [0.2, 0.25) is 0 Å². The fourth-order valence-electron chi connectivity index (χ4n) is 2.04. The first-order chi connectivity index (χ1) is 6.33. The van der Waals surface area contributed by atoms with Crippen LogP contribution in [0.1, 0.15) is 30.0 Å². The molecule has 0 fully saturated rings. The molecule has 13 heavy (non-hydrogen) atoms. The Morgan fingerprint density at radius 2 is 2.31 bits per heavy atom. The second kappa shape index (κ2) is 3.72. The van der Waals surface area contributed by atoms with Crippen LogP contribution in [0.5, 0.6) is 0 Å². The summed E-state index contributed by atoms with van der Waals surface area (Å²) in [6.45, 7) is 0. The summed E-state index contributed by atoms with van der Waals surface area (Å²) in [6.07, 6.45) is 5.73. The molecule has 1 aromatic rings. The van der Waals surface area contributed by atoms with E-state index in [1.165, 1.54) is 28.9 Å². The van der Waals surface area contributed by atoms with Crippen LogP contribution in [-0.2, 0) is 6.42 Å². The van der Waals surface area contributed by atoms with E-state index < -0.39 is 0 Å². The van der Waals surface area contributed by atoms with Gasteiger partial charge in [-0.15, -0.1) is 11.8 Å². The molecule has 0 heterocycles. The number of rotatable bonds is 1. The molecule has 0 bridgehead atoms. The van der Waals surface area contributed by atoms with E-state index in [4.69, 9.17) is 5.73 Å². The molecule has 1 aliphatic carbocycles. The van der Waals surface area contributed by atoms with Crippen molar-refractivity contribution in [2.75, 3.05) is 6.26 Å². The molecule has 0 amide bonds. The lowest BCUT2D eigenvalue weighted by atomic mass is 9.88. The fourth-order valence-corrected chi connectivity index (χ4v) is 2.72. The Balaban J connectivity index is 2.48. The molecule has 0 aliphatic heterocycles. The van der Waals surface area contributed by atoms with E-state index in [0.29, 0.717) is 0 Å². The van der Waals surface area contributed by atoms with Gasteiger partial charge in [-0.3, -0.25) is 0 Å². The molecule has 0 unspecified atom stereocenters. The number of benzene rings is 1. The Hall–Kier alpha value is -0.470. The highest BCUT2D eigenvalue weighted by atomic mass is 32.2. The first kappa shape index (κ1) is 9.10. The SMILES string of the molecule is CSc1cccc2c1CCC[C@@H]2N. The standard InChI is InChI=1S/C11H15NS/c1-13-11-7-3-4-8-9(11)5-2-6-10(8)12/h3-4,7,10H,2,5-6,12H2,1H3/t10-/m0/s1. The second-order valence-corrected chi connectivity index (χ2v) is 4.37. The van der Waals surface area contributed by atoms with E-state index in [0.717, 1.165) is 6.42 Å². The maximum absolute atomic E-state index is 6.06. The topological polar surface area (TPSA) is 26.0 Å². The predicted octanol–water partition coefficient (Wildman–Crippen LogP) is 2.74. The van der Waals surface area contributed by atoms with Gasteiger partial charge < -0.3 is 5.73 Å². The van der Waals surface area contributed by atoms with Crippen LogP contribution in [0.25, 0.3) is 0 Å². The summed E-state index contributed by atoms with van der Waals surface area (Å²) in [7, 11) is 0. The number of thioether (sulfide) groups is 1.